The molecule has 3 aromatic rings. The van der Waals surface area contributed by atoms with Crippen LogP contribution in [0.4, 0.5) is 22.0 Å². The van der Waals surface area contributed by atoms with Crippen molar-refractivity contribution in [1.82, 2.24) is 20.3 Å². The van der Waals surface area contributed by atoms with Crippen LogP contribution in [0.2, 0.25) is 5.15 Å². The van der Waals surface area contributed by atoms with Crippen molar-refractivity contribution in [3.63, 3.8) is 0 Å². The molecule has 132 valence electrons. The summed E-state index contributed by atoms with van der Waals surface area (Å²) >= 11 is 6.00. The number of aryl methyl sites for hydroxylation is 1. The molecule has 9 heteroatoms. The number of rotatable bonds is 3. The van der Waals surface area contributed by atoms with Crippen LogP contribution in [0, 0.1) is 6.92 Å². The fraction of sp³-hybridized carbons (Fsp3) is 0.176. The molecule has 0 atom stereocenters. The van der Waals surface area contributed by atoms with E-state index in [1.165, 1.54) is 6.33 Å². The van der Waals surface area contributed by atoms with Gasteiger partial charge in [0.25, 0.3) is 0 Å². The van der Waals surface area contributed by atoms with Crippen molar-refractivity contribution >= 4 is 51.8 Å². The third-order valence-corrected chi connectivity index (χ3v) is 4.40. The standard InChI is InChI=1S/C17H15ClN6O2/c1-9-6-10(2-3-12(9)24-5-4-14(25)23-17(24)26)21-15-11-7-13(18)22-16(11)20-8-19-15/h2-3,6-8H,4-5H2,1H3,(H,23,25,26)(H2,19,20,21,22). The number of anilines is 3. The Morgan fingerprint density at radius 3 is 2.85 bits per heavy atom. The first kappa shape index (κ1) is 16.3. The second kappa shape index (κ2) is 6.30. The topological polar surface area (TPSA) is 103 Å². The Bertz CT molecular complexity index is 1030. The average molecular weight is 371 g/mol. The molecule has 1 aromatic carbocycles. The minimum atomic E-state index is -0.399. The number of amides is 3. The first-order valence-corrected chi connectivity index (χ1v) is 8.37. The molecule has 0 spiro atoms. The quantitative estimate of drug-likeness (QED) is 0.657. The van der Waals surface area contributed by atoms with Gasteiger partial charge in [0.1, 0.15) is 22.9 Å². The number of halogens is 1. The lowest BCUT2D eigenvalue weighted by Gasteiger charge is -2.28. The van der Waals surface area contributed by atoms with Gasteiger partial charge in [-0.3, -0.25) is 15.0 Å². The van der Waals surface area contributed by atoms with Crippen molar-refractivity contribution in [3.05, 3.63) is 41.3 Å². The van der Waals surface area contributed by atoms with Crippen LogP contribution in [0.3, 0.4) is 0 Å². The molecule has 1 fully saturated rings. The first-order valence-electron chi connectivity index (χ1n) is 7.99. The highest BCUT2D eigenvalue weighted by atomic mass is 35.5. The molecule has 1 aliphatic rings. The van der Waals surface area contributed by atoms with Crippen molar-refractivity contribution in [2.45, 2.75) is 13.3 Å². The third-order valence-electron chi connectivity index (χ3n) is 4.20. The third kappa shape index (κ3) is 2.95. The second-order valence-corrected chi connectivity index (χ2v) is 6.39. The number of aromatic amines is 1. The van der Waals surface area contributed by atoms with E-state index < -0.39 is 6.03 Å². The van der Waals surface area contributed by atoms with E-state index in [-0.39, 0.29) is 5.91 Å². The molecule has 0 unspecified atom stereocenters. The number of nitrogens with zero attached hydrogens (tertiary/aromatic N) is 3. The molecule has 3 heterocycles. The summed E-state index contributed by atoms with van der Waals surface area (Å²) in [5, 5.41) is 6.85. The van der Waals surface area contributed by atoms with Gasteiger partial charge in [0.15, 0.2) is 0 Å². The molecular formula is C17H15ClN6O2. The highest BCUT2D eigenvalue weighted by Gasteiger charge is 2.25. The summed E-state index contributed by atoms with van der Waals surface area (Å²) in [5.41, 5.74) is 3.13. The number of aromatic nitrogens is 3. The molecule has 3 N–H and O–H groups in total. The molecule has 0 saturated carbocycles. The van der Waals surface area contributed by atoms with Crippen molar-refractivity contribution in [3.8, 4) is 0 Å². The zero-order valence-electron chi connectivity index (χ0n) is 13.8. The van der Waals surface area contributed by atoms with Gasteiger partial charge in [-0.25, -0.2) is 14.8 Å². The largest absolute Gasteiger partial charge is 0.340 e. The van der Waals surface area contributed by atoms with E-state index in [0.717, 1.165) is 22.3 Å². The Morgan fingerprint density at radius 2 is 2.08 bits per heavy atom. The summed E-state index contributed by atoms with van der Waals surface area (Å²) in [6, 6.07) is 6.98. The number of benzene rings is 1. The van der Waals surface area contributed by atoms with Crippen LogP contribution in [0.25, 0.3) is 11.0 Å². The number of imide groups is 1. The Morgan fingerprint density at radius 1 is 1.23 bits per heavy atom. The van der Waals surface area contributed by atoms with Gasteiger partial charge in [-0.2, -0.15) is 0 Å². The van der Waals surface area contributed by atoms with Crippen LogP contribution in [0.1, 0.15) is 12.0 Å². The maximum Gasteiger partial charge on any atom is 0.328 e. The van der Waals surface area contributed by atoms with E-state index in [4.69, 9.17) is 11.6 Å². The van der Waals surface area contributed by atoms with E-state index in [0.29, 0.717) is 29.6 Å². The number of carbonyl (C=O) groups is 2. The van der Waals surface area contributed by atoms with Crippen LogP contribution in [-0.4, -0.2) is 33.4 Å². The van der Waals surface area contributed by atoms with Crippen molar-refractivity contribution in [2.75, 3.05) is 16.8 Å². The van der Waals surface area contributed by atoms with Gasteiger partial charge in [0.05, 0.1) is 5.39 Å². The maximum absolute atomic E-state index is 12.0. The van der Waals surface area contributed by atoms with Crippen molar-refractivity contribution in [1.29, 1.82) is 0 Å². The molecule has 1 saturated heterocycles. The van der Waals surface area contributed by atoms with Crippen LogP contribution in [-0.2, 0) is 4.79 Å². The summed E-state index contributed by atoms with van der Waals surface area (Å²) in [6.45, 7) is 2.28. The smallest absolute Gasteiger partial charge is 0.328 e. The number of hydrogen-bond acceptors (Lipinski definition) is 5. The average Bonchev–Trinajstić information content (AvgIpc) is 2.97. The SMILES string of the molecule is Cc1cc(Nc2ncnc3[nH]c(Cl)cc23)ccc1N1CCC(=O)NC1=O. The van der Waals surface area contributed by atoms with E-state index in [9.17, 15) is 9.59 Å². The molecule has 26 heavy (non-hydrogen) atoms. The number of hydrogen-bond donors (Lipinski definition) is 3. The summed E-state index contributed by atoms with van der Waals surface area (Å²) in [5.74, 6) is 0.381. The van der Waals surface area contributed by atoms with E-state index in [2.05, 4.69) is 25.6 Å². The van der Waals surface area contributed by atoms with Crippen LogP contribution < -0.4 is 15.5 Å². The predicted molar refractivity (Wildman–Crippen MR) is 98.9 cm³/mol. The van der Waals surface area contributed by atoms with Crippen LogP contribution >= 0.6 is 11.6 Å². The maximum atomic E-state index is 12.0. The molecule has 8 nitrogen and oxygen atoms in total. The fourth-order valence-corrected chi connectivity index (χ4v) is 3.17. The monoisotopic (exact) mass is 370 g/mol. The molecule has 0 radical (unpaired) electrons. The van der Waals surface area contributed by atoms with Crippen molar-refractivity contribution in [2.24, 2.45) is 0 Å². The number of fused-ring (bicyclic) bond motifs is 1. The molecule has 0 bridgehead atoms. The van der Waals surface area contributed by atoms with Gasteiger partial charge >= 0.3 is 6.03 Å². The van der Waals surface area contributed by atoms with Gasteiger partial charge in [0, 0.05) is 24.3 Å². The summed E-state index contributed by atoms with van der Waals surface area (Å²) in [7, 11) is 0. The predicted octanol–water partition coefficient (Wildman–Crippen LogP) is 3.11. The summed E-state index contributed by atoms with van der Waals surface area (Å²) < 4.78 is 0. The number of carbonyl (C=O) groups excluding carboxylic acids is 2. The summed E-state index contributed by atoms with van der Waals surface area (Å²) in [6.07, 6.45) is 1.74. The van der Waals surface area contributed by atoms with E-state index in [1.54, 1.807) is 11.0 Å². The van der Waals surface area contributed by atoms with Gasteiger partial charge in [-0.1, -0.05) is 11.6 Å². The fourth-order valence-electron chi connectivity index (χ4n) is 2.97. The first-order chi connectivity index (χ1) is 12.5. The minimum Gasteiger partial charge on any atom is -0.340 e. The Labute approximate surface area is 153 Å². The molecular weight excluding hydrogens is 356 g/mol. The number of H-pyrrole nitrogens is 1. The van der Waals surface area contributed by atoms with Gasteiger partial charge < -0.3 is 10.3 Å². The highest BCUT2D eigenvalue weighted by Crippen LogP contribution is 2.29. The normalized spacial score (nSPS) is 14.6. The number of nitrogens with one attached hydrogen (secondary N) is 3. The molecule has 0 aliphatic carbocycles. The highest BCUT2D eigenvalue weighted by molar-refractivity contribution is 6.30. The van der Waals surface area contributed by atoms with Gasteiger partial charge in [-0.05, 0) is 36.8 Å². The molecule has 4 rings (SSSR count). The zero-order valence-corrected chi connectivity index (χ0v) is 14.6. The lowest BCUT2D eigenvalue weighted by molar-refractivity contribution is -0.120. The Balaban J connectivity index is 1.61. The van der Waals surface area contributed by atoms with Crippen LogP contribution in [0.15, 0.2) is 30.6 Å². The van der Waals surface area contributed by atoms with Gasteiger partial charge in [0.2, 0.25) is 5.91 Å². The van der Waals surface area contributed by atoms with Crippen LogP contribution in [0.5, 0.6) is 0 Å². The van der Waals surface area contributed by atoms with Gasteiger partial charge in [-0.15, -0.1) is 0 Å². The van der Waals surface area contributed by atoms with E-state index in [1.807, 2.05) is 25.1 Å². The second-order valence-electron chi connectivity index (χ2n) is 5.98. The molecule has 1 aliphatic heterocycles. The lowest BCUT2D eigenvalue weighted by atomic mass is 10.1. The Kier molecular flexibility index (Phi) is 3.96. The van der Waals surface area contributed by atoms with Crippen molar-refractivity contribution < 1.29 is 9.59 Å². The lowest BCUT2D eigenvalue weighted by Crippen LogP contribution is -2.49. The summed E-state index contributed by atoms with van der Waals surface area (Å²) in [4.78, 5) is 36.3. The zero-order chi connectivity index (χ0) is 18.3. The number of urea groups is 1. The molecule has 3 amide bonds. The van der Waals surface area contributed by atoms with E-state index >= 15 is 0 Å². The Hall–Kier alpha value is -3.13. The minimum absolute atomic E-state index is 0.250. The molecule has 2 aromatic heterocycles.